The Labute approximate surface area is 139 Å². The van der Waals surface area contributed by atoms with Gasteiger partial charge < -0.3 is 5.32 Å². The molecule has 0 spiro atoms. The Bertz CT molecular complexity index is 631. The van der Waals surface area contributed by atoms with Crippen molar-refractivity contribution in [3.8, 4) is 0 Å². The minimum atomic E-state index is -0.300. The molecule has 1 nitrogen and oxygen atoms in total. The van der Waals surface area contributed by atoms with Crippen LogP contribution in [0.15, 0.2) is 36.4 Å². The van der Waals surface area contributed by atoms with Gasteiger partial charge in [-0.2, -0.15) is 0 Å². The smallest absolute Gasteiger partial charge is 0.123 e. The van der Waals surface area contributed by atoms with Gasteiger partial charge in [-0.25, -0.2) is 4.39 Å². The first-order valence-corrected chi connectivity index (χ1v) is 7.77. The van der Waals surface area contributed by atoms with Gasteiger partial charge in [-0.3, -0.25) is 0 Å². The molecule has 0 radical (unpaired) electrons. The molecule has 0 aliphatic heterocycles. The molecule has 21 heavy (non-hydrogen) atoms. The number of nitrogens with one attached hydrogen (secondary N) is 1. The largest absolute Gasteiger partial charge is 0.310 e. The molecule has 2 aromatic rings. The Hall–Kier alpha value is -0.800. The lowest BCUT2D eigenvalue weighted by atomic mass is 9.98. The molecular weight excluding hydrogens is 332 g/mol. The van der Waals surface area contributed by atoms with Gasteiger partial charge in [-0.05, 0) is 54.4 Å². The Morgan fingerprint density at radius 3 is 2.38 bits per heavy atom. The summed E-state index contributed by atoms with van der Waals surface area (Å²) in [6.07, 6.45) is 0.647. The van der Waals surface area contributed by atoms with Gasteiger partial charge in [-0.15, -0.1) is 0 Å². The summed E-state index contributed by atoms with van der Waals surface area (Å²) >= 11 is 18.2. The first-order valence-electron chi connectivity index (χ1n) is 6.63. The van der Waals surface area contributed by atoms with Crippen LogP contribution in [-0.4, -0.2) is 6.54 Å². The highest BCUT2D eigenvalue weighted by molar-refractivity contribution is 6.42. The van der Waals surface area contributed by atoms with Crippen LogP contribution in [0.4, 0.5) is 4.39 Å². The van der Waals surface area contributed by atoms with E-state index in [1.807, 2.05) is 19.1 Å². The van der Waals surface area contributed by atoms with Crippen LogP contribution in [0.5, 0.6) is 0 Å². The normalized spacial score (nSPS) is 12.4. The fourth-order valence-corrected chi connectivity index (χ4v) is 2.79. The van der Waals surface area contributed by atoms with Crippen LogP contribution in [0.25, 0.3) is 0 Å². The van der Waals surface area contributed by atoms with Crippen LogP contribution < -0.4 is 5.32 Å². The molecule has 0 aromatic heterocycles. The molecule has 5 heteroatoms. The summed E-state index contributed by atoms with van der Waals surface area (Å²) in [5.74, 6) is -0.300. The Kier molecular flexibility index (Phi) is 5.88. The van der Waals surface area contributed by atoms with Gasteiger partial charge in [0.1, 0.15) is 5.82 Å². The minimum Gasteiger partial charge on any atom is -0.310 e. The monoisotopic (exact) mass is 345 g/mol. The highest BCUT2D eigenvalue weighted by Gasteiger charge is 2.16. The lowest BCUT2D eigenvalue weighted by Gasteiger charge is -2.20. The van der Waals surface area contributed by atoms with Crippen LogP contribution >= 0.6 is 34.8 Å². The summed E-state index contributed by atoms with van der Waals surface area (Å²) in [7, 11) is 0. The third kappa shape index (κ3) is 4.33. The first-order chi connectivity index (χ1) is 10.0. The zero-order valence-corrected chi connectivity index (χ0v) is 13.7. The molecule has 0 amide bonds. The average molecular weight is 347 g/mol. The van der Waals surface area contributed by atoms with Crippen molar-refractivity contribution in [1.29, 1.82) is 0 Å². The van der Waals surface area contributed by atoms with Gasteiger partial charge >= 0.3 is 0 Å². The lowest BCUT2D eigenvalue weighted by Crippen LogP contribution is -2.23. The van der Waals surface area contributed by atoms with E-state index >= 15 is 0 Å². The fraction of sp³-hybridized carbons (Fsp3) is 0.250. The van der Waals surface area contributed by atoms with Gasteiger partial charge in [0.15, 0.2) is 0 Å². The van der Waals surface area contributed by atoms with E-state index in [4.69, 9.17) is 34.8 Å². The van der Waals surface area contributed by atoms with Crippen LogP contribution in [0, 0.1) is 5.82 Å². The highest BCUT2D eigenvalue weighted by atomic mass is 35.5. The lowest BCUT2D eigenvalue weighted by molar-refractivity contribution is 0.543. The zero-order chi connectivity index (χ0) is 15.4. The second-order valence-corrected chi connectivity index (χ2v) is 5.95. The minimum absolute atomic E-state index is 0.0876. The average Bonchev–Trinajstić information content (AvgIpc) is 2.45. The number of rotatable bonds is 5. The van der Waals surface area contributed by atoms with E-state index in [1.54, 1.807) is 12.1 Å². The van der Waals surface area contributed by atoms with Crippen molar-refractivity contribution in [3.05, 3.63) is 68.4 Å². The molecule has 0 aliphatic rings. The van der Waals surface area contributed by atoms with E-state index in [9.17, 15) is 4.39 Å². The molecule has 1 unspecified atom stereocenters. The van der Waals surface area contributed by atoms with Gasteiger partial charge in [0.05, 0.1) is 10.0 Å². The molecule has 2 aromatic carbocycles. The standard InChI is InChI=1S/C16H15Cl3FN/c1-2-21-16(12-9-11(20)4-6-13(12)17)8-10-3-5-14(18)15(19)7-10/h3-7,9,16,21H,2,8H2,1H3. The second-order valence-electron chi connectivity index (χ2n) is 4.73. The summed E-state index contributed by atoms with van der Waals surface area (Å²) in [4.78, 5) is 0. The molecule has 0 fully saturated rings. The van der Waals surface area contributed by atoms with Crippen LogP contribution in [-0.2, 0) is 6.42 Å². The summed E-state index contributed by atoms with van der Waals surface area (Å²) in [5, 5.41) is 4.89. The number of likely N-dealkylation sites (N-methyl/N-ethyl adjacent to an activating group) is 1. The van der Waals surface area contributed by atoms with Gasteiger partial charge in [0.2, 0.25) is 0 Å². The van der Waals surface area contributed by atoms with Gasteiger partial charge in [0.25, 0.3) is 0 Å². The number of halogens is 4. The Balaban J connectivity index is 2.30. The molecule has 0 aliphatic carbocycles. The van der Waals surface area contributed by atoms with Crippen molar-refractivity contribution in [3.63, 3.8) is 0 Å². The molecule has 112 valence electrons. The Morgan fingerprint density at radius 1 is 1.00 bits per heavy atom. The first kappa shape index (κ1) is 16.6. The summed E-state index contributed by atoms with van der Waals surface area (Å²) in [5.41, 5.74) is 1.75. The van der Waals surface area contributed by atoms with Crippen LogP contribution in [0.1, 0.15) is 24.1 Å². The molecule has 2 rings (SSSR count). The molecule has 0 saturated carbocycles. The van der Waals surface area contributed by atoms with Crippen LogP contribution in [0.2, 0.25) is 15.1 Å². The van der Waals surface area contributed by atoms with E-state index in [0.717, 1.165) is 17.7 Å². The molecular formula is C16H15Cl3FN. The van der Waals surface area contributed by atoms with Gasteiger partial charge in [-0.1, -0.05) is 47.8 Å². The van der Waals surface area contributed by atoms with Crippen molar-refractivity contribution in [2.45, 2.75) is 19.4 Å². The fourth-order valence-electron chi connectivity index (χ4n) is 2.22. The molecule has 0 heterocycles. The summed E-state index contributed by atoms with van der Waals surface area (Å²) < 4.78 is 13.5. The Morgan fingerprint density at radius 2 is 1.71 bits per heavy atom. The van der Waals surface area contributed by atoms with E-state index in [2.05, 4.69) is 5.32 Å². The topological polar surface area (TPSA) is 12.0 Å². The van der Waals surface area contributed by atoms with E-state index < -0.39 is 0 Å². The number of benzene rings is 2. The van der Waals surface area contributed by atoms with Crippen molar-refractivity contribution in [2.75, 3.05) is 6.54 Å². The number of hydrogen-bond acceptors (Lipinski definition) is 1. The van der Waals surface area contributed by atoms with Crippen molar-refractivity contribution in [1.82, 2.24) is 5.32 Å². The van der Waals surface area contributed by atoms with Crippen molar-refractivity contribution >= 4 is 34.8 Å². The SMILES string of the molecule is CCNC(Cc1ccc(Cl)c(Cl)c1)c1cc(F)ccc1Cl. The quantitative estimate of drug-likeness (QED) is 0.734. The maximum Gasteiger partial charge on any atom is 0.123 e. The zero-order valence-electron chi connectivity index (χ0n) is 11.5. The number of hydrogen-bond donors (Lipinski definition) is 1. The van der Waals surface area contributed by atoms with Crippen molar-refractivity contribution in [2.24, 2.45) is 0 Å². The summed E-state index contributed by atoms with van der Waals surface area (Å²) in [6, 6.07) is 9.80. The second kappa shape index (κ2) is 7.46. The molecule has 1 N–H and O–H groups in total. The van der Waals surface area contributed by atoms with E-state index in [0.29, 0.717) is 21.5 Å². The third-order valence-corrected chi connectivity index (χ3v) is 4.29. The predicted octanol–water partition coefficient (Wildman–Crippen LogP) is 5.68. The predicted molar refractivity (Wildman–Crippen MR) is 88.0 cm³/mol. The highest BCUT2D eigenvalue weighted by Crippen LogP contribution is 2.29. The van der Waals surface area contributed by atoms with E-state index in [-0.39, 0.29) is 11.9 Å². The van der Waals surface area contributed by atoms with Crippen LogP contribution in [0.3, 0.4) is 0 Å². The summed E-state index contributed by atoms with van der Waals surface area (Å²) in [6.45, 7) is 2.74. The third-order valence-electron chi connectivity index (χ3n) is 3.21. The maximum atomic E-state index is 13.5. The van der Waals surface area contributed by atoms with Crippen molar-refractivity contribution < 1.29 is 4.39 Å². The molecule has 0 bridgehead atoms. The van der Waals surface area contributed by atoms with Gasteiger partial charge in [0, 0.05) is 11.1 Å². The van der Waals surface area contributed by atoms with E-state index in [1.165, 1.54) is 12.1 Å². The maximum absolute atomic E-state index is 13.5. The molecule has 1 atom stereocenters. The molecule has 0 saturated heterocycles.